The molecule has 0 spiro atoms. The number of carbonyl (C=O) groups excluding carboxylic acids is 2. The fourth-order valence-corrected chi connectivity index (χ4v) is 3.18. The van der Waals surface area contributed by atoms with Gasteiger partial charge in [-0.1, -0.05) is 12.1 Å². The highest BCUT2D eigenvalue weighted by atomic mass is 16.3. The van der Waals surface area contributed by atoms with Gasteiger partial charge in [-0.15, -0.1) is 0 Å². The molecule has 8 nitrogen and oxygen atoms in total. The zero-order valence-electron chi connectivity index (χ0n) is 16.9. The Bertz CT molecular complexity index is 838. The van der Waals surface area contributed by atoms with E-state index < -0.39 is 0 Å². The van der Waals surface area contributed by atoms with Gasteiger partial charge in [-0.2, -0.15) is 0 Å². The van der Waals surface area contributed by atoms with Crippen molar-refractivity contribution in [2.24, 2.45) is 4.99 Å². The van der Waals surface area contributed by atoms with E-state index in [0.29, 0.717) is 44.0 Å². The number of hydrogen-bond acceptors (Lipinski definition) is 4. The fraction of sp³-hybridized carbons (Fsp3) is 0.381. The number of rotatable bonds is 5. The standard InChI is InChI=1S/C21H27N5O3/c1-3-23-21(24-15-16-6-8-17(9-7-16)19(27)22-2)26-12-10-25(11-13-26)20(28)18-5-4-14-29-18/h4-9,14H,3,10-13,15H2,1-2H3,(H,22,27)(H,23,24). The maximum absolute atomic E-state index is 12.4. The molecule has 1 aliphatic heterocycles. The van der Waals surface area contributed by atoms with Crippen LogP contribution >= 0.6 is 0 Å². The molecular weight excluding hydrogens is 370 g/mol. The molecule has 2 aromatic rings. The van der Waals surface area contributed by atoms with E-state index >= 15 is 0 Å². The molecule has 8 heteroatoms. The number of furan rings is 1. The molecule has 154 valence electrons. The van der Waals surface area contributed by atoms with Crippen LogP contribution in [0, 0.1) is 0 Å². The molecule has 0 atom stereocenters. The lowest BCUT2D eigenvalue weighted by molar-refractivity contribution is 0.0657. The van der Waals surface area contributed by atoms with Crippen LogP contribution in [0.1, 0.15) is 33.4 Å². The van der Waals surface area contributed by atoms with Crippen molar-refractivity contribution in [1.29, 1.82) is 0 Å². The lowest BCUT2D eigenvalue weighted by Gasteiger charge is -2.36. The number of amides is 2. The third-order valence-electron chi connectivity index (χ3n) is 4.79. The van der Waals surface area contributed by atoms with Gasteiger partial charge in [-0.3, -0.25) is 9.59 Å². The van der Waals surface area contributed by atoms with Gasteiger partial charge in [0, 0.05) is 45.3 Å². The number of nitrogens with one attached hydrogen (secondary N) is 2. The van der Waals surface area contributed by atoms with E-state index in [1.807, 2.05) is 19.1 Å². The normalized spacial score (nSPS) is 14.6. The molecule has 1 aromatic carbocycles. The van der Waals surface area contributed by atoms with E-state index in [4.69, 9.17) is 9.41 Å². The Labute approximate surface area is 170 Å². The molecule has 0 saturated carbocycles. The summed E-state index contributed by atoms with van der Waals surface area (Å²) >= 11 is 0. The molecule has 0 aliphatic carbocycles. The molecule has 1 fully saturated rings. The molecule has 0 unspecified atom stereocenters. The molecular formula is C21H27N5O3. The van der Waals surface area contributed by atoms with Gasteiger partial charge in [0.2, 0.25) is 0 Å². The van der Waals surface area contributed by atoms with E-state index in [0.717, 1.165) is 18.1 Å². The first-order valence-electron chi connectivity index (χ1n) is 9.79. The van der Waals surface area contributed by atoms with Crippen molar-refractivity contribution in [3.63, 3.8) is 0 Å². The van der Waals surface area contributed by atoms with Crippen molar-refractivity contribution >= 4 is 17.8 Å². The molecule has 1 saturated heterocycles. The summed E-state index contributed by atoms with van der Waals surface area (Å²) in [6.07, 6.45) is 1.51. The topological polar surface area (TPSA) is 90.2 Å². The quantitative estimate of drug-likeness (QED) is 0.590. The summed E-state index contributed by atoms with van der Waals surface area (Å²) in [6, 6.07) is 10.8. The van der Waals surface area contributed by atoms with E-state index in [1.54, 1.807) is 36.2 Å². The number of hydrogen-bond donors (Lipinski definition) is 2. The van der Waals surface area contributed by atoms with Crippen LogP contribution in [0.4, 0.5) is 0 Å². The summed E-state index contributed by atoms with van der Waals surface area (Å²) in [5.41, 5.74) is 1.66. The first kappa shape index (κ1) is 20.4. The monoisotopic (exact) mass is 397 g/mol. The zero-order chi connectivity index (χ0) is 20.6. The number of guanidine groups is 1. The van der Waals surface area contributed by atoms with Crippen molar-refractivity contribution in [3.8, 4) is 0 Å². The lowest BCUT2D eigenvalue weighted by Crippen LogP contribution is -2.53. The Hall–Kier alpha value is -3.29. The molecule has 1 aromatic heterocycles. The first-order chi connectivity index (χ1) is 14.1. The van der Waals surface area contributed by atoms with Crippen LogP contribution in [0.5, 0.6) is 0 Å². The Kier molecular flexibility index (Phi) is 6.89. The smallest absolute Gasteiger partial charge is 0.289 e. The van der Waals surface area contributed by atoms with Gasteiger partial charge in [-0.05, 0) is 36.8 Å². The van der Waals surface area contributed by atoms with Crippen LogP contribution in [0.3, 0.4) is 0 Å². The Balaban J connectivity index is 1.59. The second-order valence-electron chi connectivity index (χ2n) is 6.70. The number of carbonyl (C=O) groups is 2. The minimum absolute atomic E-state index is 0.0761. The van der Waals surface area contributed by atoms with Gasteiger partial charge in [0.05, 0.1) is 12.8 Å². The average Bonchev–Trinajstić information content (AvgIpc) is 3.31. The van der Waals surface area contributed by atoms with Crippen molar-refractivity contribution in [2.45, 2.75) is 13.5 Å². The summed E-state index contributed by atoms with van der Waals surface area (Å²) in [7, 11) is 1.62. The summed E-state index contributed by atoms with van der Waals surface area (Å²) in [5.74, 6) is 1.02. The fourth-order valence-electron chi connectivity index (χ4n) is 3.18. The summed E-state index contributed by atoms with van der Waals surface area (Å²) in [4.78, 5) is 32.7. The Morgan fingerprint density at radius 2 is 1.76 bits per heavy atom. The largest absolute Gasteiger partial charge is 0.459 e. The van der Waals surface area contributed by atoms with E-state index in [1.165, 1.54) is 6.26 Å². The van der Waals surface area contributed by atoms with Gasteiger partial charge in [-0.25, -0.2) is 4.99 Å². The van der Waals surface area contributed by atoms with Gasteiger partial charge in [0.1, 0.15) is 0 Å². The van der Waals surface area contributed by atoms with E-state index in [9.17, 15) is 9.59 Å². The third-order valence-corrected chi connectivity index (χ3v) is 4.79. The summed E-state index contributed by atoms with van der Waals surface area (Å²) in [6.45, 7) is 5.95. The maximum Gasteiger partial charge on any atom is 0.289 e. The van der Waals surface area contributed by atoms with Crippen molar-refractivity contribution in [2.75, 3.05) is 39.8 Å². The SMILES string of the molecule is CCNC(=NCc1ccc(C(=O)NC)cc1)N1CCN(C(=O)c2ccco2)CC1. The highest BCUT2D eigenvalue weighted by molar-refractivity contribution is 5.94. The molecule has 3 rings (SSSR count). The van der Waals surface area contributed by atoms with Crippen LogP contribution in [0.15, 0.2) is 52.1 Å². The molecule has 2 amide bonds. The van der Waals surface area contributed by atoms with Crippen LogP contribution in [-0.2, 0) is 6.54 Å². The number of aliphatic imine (C=N–C) groups is 1. The maximum atomic E-state index is 12.4. The predicted octanol–water partition coefficient (Wildman–Crippen LogP) is 1.56. The number of piperazine rings is 1. The molecule has 0 radical (unpaired) electrons. The van der Waals surface area contributed by atoms with E-state index in [-0.39, 0.29) is 11.8 Å². The second kappa shape index (κ2) is 9.77. The summed E-state index contributed by atoms with van der Waals surface area (Å²) < 4.78 is 5.21. The zero-order valence-corrected chi connectivity index (χ0v) is 16.9. The molecule has 0 bridgehead atoms. The number of nitrogens with zero attached hydrogens (tertiary/aromatic N) is 3. The van der Waals surface area contributed by atoms with Gasteiger partial charge in [0.15, 0.2) is 11.7 Å². The Morgan fingerprint density at radius 3 is 2.34 bits per heavy atom. The molecule has 2 heterocycles. The molecule has 2 N–H and O–H groups in total. The first-order valence-corrected chi connectivity index (χ1v) is 9.79. The lowest BCUT2D eigenvalue weighted by atomic mass is 10.1. The van der Waals surface area contributed by atoms with Gasteiger partial charge < -0.3 is 24.9 Å². The molecule has 1 aliphatic rings. The van der Waals surface area contributed by atoms with Gasteiger partial charge >= 0.3 is 0 Å². The van der Waals surface area contributed by atoms with Crippen LogP contribution in [-0.4, -0.2) is 67.3 Å². The third kappa shape index (κ3) is 5.16. The van der Waals surface area contributed by atoms with Crippen LogP contribution in [0.2, 0.25) is 0 Å². The minimum atomic E-state index is -0.102. The minimum Gasteiger partial charge on any atom is -0.459 e. The second-order valence-corrected chi connectivity index (χ2v) is 6.70. The van der Waals surface area contributed by atoms with Crippen molar-refractivity contribution in [1.82, 2.24) is 20.4 Å². The highest BCUT2D eigenvalue weighted by Gasteiger charge is 2.25. The average molecular weight is 397 g/mol. The van der Waals surface area contributed by atoms with Gasteiger partial charge in [0.25, 0.3) is 11.8 Å². The Morgan fingerprint density at radius 1 is 1.07 bits per heavy atom. The van der Waals surface area contributed by atoms with E-state index in [2.05, 4.69) is 15.5 Å². The van der Waals surface area contributed by atoms with Crippen LogP contribution < -0.4 is 10.6 Å². The predicted molar refractivity (Wildman–Crippen MR) is 111 cm³/mol. The van der Waals surface area contributed by atoms with Crippen molar-refractivity contribution in [3.05, 3.63) is 59.5 Å². The highest BCUT2D eigenvalue weighted by Crippen LogP contribution is 2.11. The summed E-state index contributed by atoms with van der Waals surface area (Å²) in [5, 5.41) is 5.94. The van der Waals surface area contributed by atoms with Crippen LogP contribution in [0.25, 0.3) is 0 Å². The number of benzene rings is 1. The van der Waals surface area contributed by atoms with Crippen molar-refractivity contribution < 1.29 is 14.0 Å². The molecule has 29 heavy (non-hydrogen) atoms.